The van der Waals surface area contributed by atoms with Gasteiger partial charge in [-0.25, -0.2) is 38.3 Å². The number of carbonyl (C=O) groups is 5. The van der Waals surface area contributed by atoms with Crippen LogP contribution in [0.15, 0.2) is 128 Å². The number of carboxylic acid groups (broad SMARTS) is 3. The number of anilines is 4. The smallest absolute Gasteiger partial charge is 0.416 e. The third-order valence-corrected chi connectivity index (χ3v) is 28.1. The van der Waals surface area contributed by atoms with Crippen molar-refractivity contribution in [3.05, 3.63) is 195 Å². The van der Waals surface area contributed by atoms with Gasteiger partial charge in [-0.3, -0.25) is 14.4 Å². The number of benzene rings is 4. The van der Waals surface area contributed by atoms with Crippen LogP contribution in [0.3, 0.4) is 0 Å². The van der Waals surface area contributed by atoms with E-state index >= 15 is 0 Å². The largest absolute Gasteiger partial charge is 0.481 e. The Kier molecular flexibility index (Phi) is 33.9. The van der Waals surface area contributed by atoms with Gasteiger partial charge in [0, 0.05) is 168 Å². The van der Waals surface area contributed by atoms with Crippen molar-refractivity contribution in [2.24, 2.45) is 50.7 Å². The van der Waals surface area contributed by atoms with Gasteiger partial charge >= 0.3 is 61.0 Å². The lowest BCUT2D eigenvalue weighted by Crippen LogP contribution is -2.57. The van der Waals surface area contributed by atoms with Crippen LogP contribution in [-0.4, -0.2) is 167 Å². The molecular weight excluding hydrogens is 1910 g/mol. The van der Waals surface area contributed by atoms with Gasteiger partial charge in [0.05, 0.1) is 71.3 Å². The van der Waals surface area contributed by atoms with Crippen molar-refractivity contribution in [3.8, 4) is 22.3 Å². The summed E-state index contributed by atoms with van der Waals surface area (Å²) >= 11 is 0. The number of amides is 2. The summed E-state index contributed by atoms with van der Waals surface area (Å²) in [4.78, 5) is 90.9. The number of carboxylic acids is 3. The number of hydrogen-bond acceptors (Lipinski definition) is 18. The maximum absolute atomic E-state index is 14.4. The van der Waals surface area contributed by atoms with E-state index in [0.717, 1.165) is 90.1 Å². The number of halogens is 17. The van der Waals surface area contributed by atoms with Gasteiger partial charge in [-0.15, -0.1) is 5.10 Å². The average molecular weight is 2030 g/mol. The van der Waals surface area contributed by atoms with Crippen molar-refractivity contribution in [1.29, 1.82) is 0 Å². The maximum atomic E-state index is 14.4. The van der Waals surface area contributed by atoms with Crippen molar-refractivity contribution in [2.45, 2.75) is 269 Å². The number of nitrogens with zero attached hydrogens (tertiary/aromatic N) is 16. The number of carbonyl (C=O) groups excluding carboxylic acids is 2. The van der Waals surface area contributed by atoms with Gasteiger partial charge in [0.15, 0.2) is 0 Å². The first-order valence-corrected chi connectivity index (χ1v) is 47.8. The minimum atomic E-state index is -5.01. The molecule has 5 fully saturated rings. The first-order valence-electron chi connectivity index (χ1n) is 47.8. The van der Waals surface area contributed by atoms with Crippen LogP contribution < -0.4 is 19.6 Å². The molecule has 4 aromatic carbocycles. The molecule has 3 aliphatic heterocycles. The Labute approximate surface area is 815 Å². The summed E-state index contributed by atoms with van der Waals surface area (Å²) < 4.78 is 251. The normalized spacial score (nSPS) is 21.9. The molecule has 776 valence electrons. The monoisotopic (exact) mass is 2020 g/mol. The zero-order valence-corrected chi connectivity index (χ0v) is 80.4. The van der Waals surface area contributed by atoms with Crippen LogP contribution in [0.5, 0.6) is 0 Å². The zero-order chi connectivity index (χ0) is 104. The van der Waals surface area contributed by atoms with E-state index in [4.69, 9.17) is 9.47 Å². The standard InChI is InChI=1S/C35H41F6N5O4.C33H37F6N5O4.C32H39F5N6O2/c1-4-27-15-29(16-28(5-2)46(27)33(49)50-30-8-6-22(7-9-30)31(47)48)45(32-42-17-24(18-43-32)23-10-11-44(3)20-23)19-21-12-25(34(36,37)38)14-26(13-21)35(39,40)41;1-3-27-13-28(18-44(27)31(47)48-19-20-4-6-22(7-5-20)29(45)46)43(30-40-14-24(15-41-30)23-8-9-42(2)17-23)16-21-10-25(32(34,35)36)12-26(11-21)33(37,38)39;1-19-12-20(2)28-26(13-19)27(6-5-11-42(28)17-21-7-9-23(10-8-21)29(44)45)43(30-38-40-41(4)39-30)18-22-14-24(31(3,33)34)16-25(15-22)32(35,36)37/h10-14,17-18,20,22,27-30H,4-9,15-16,19H2,1-3H3,(H,47,48);8-12,14-15,17,20,22,27-28H,3-7,13,16,18-19H2,1-2H3,(H,45,46);12-16,21,23,27H,5-11,17-18H2,1-4H3,(H,44,45)/t22?,27-,28+,29?,30?;20?,22?,27-,28+;21?,23?,27-/m.10/s1. The molecule has 6 aliphatic rings. The molecule has 43 heteroatoms. The fourth-order valence-electron chi connectivity index (χ4n) is 20.6. The second kappa shape index (κ2) is 44.9. The van der Waals surface area contributed by atoms with Gasteiger partial charge in [0.2, 0.25) is 11.9 Å². The fraction of sp³-hybridized carbons (Fsp3) is 0.540. The summed E-state index contributed by atoms with van der Waals surface area (Å²) in [6.07, 6.45) is -1.92. The molecule has 143 heavy (non-hydrogen) atoms. The van der Waals surface area contributed by atoms with Gasteiger partial charge in [0.25, 0.3) is 11.9 Å². The summed E-state index contributed by atoms with van der Waals surface area (Å²) in [5, 5.41) is 40.6. The van der Waals surface area contributed by atoms with E-state index in [0.29, 0.717) is 151 Å². The summed E-state index contributed by atoms with van der Waals surface area (Å²) in [6.45, 7) is 11.1. The number of aliphatic carboxylic acids is 3. The summed E-state index contributed by atoms with van der Waals surface area (Å²) in [5.74, 6) is -6.30. The van der Waals surface area contributed by atoms with Crippen LogP contribution in [0.25, 0.3) is 22.3 Å². The molecule has 6 atom stereocenters. The Bertz CT molecular complexity index is 5750. The van der Waals surface area contributed by atoms with Gasteiger partial charge < -0.3 is 63.3 Å². The number of aryl methyl sites for hydroxylation is 5. The van der Waals surface area contributed by atoms with E-state index in [1.807, 2.05) is 94.8 Å². The van der Waals surface area contributed by atoms with Gasteiger partial charge in [-0.05, 0) is 254 Å². The van der Waals surface area contributed by atoms with Crippen LogP contribution in [0.4, 0.5) is 108 Å². The van der Waals surface area contributed by atoms with E-state index < -0.39 is 130 Å². The first-order chi connectivity index (χ1) is 67.3. The molecule has 9 aromatic rings. The second-order valence-corrected chi connectivity index (χ2v) is 38.5. The molecule has 2 saturated heterocycles. The highest BCUT2D eigenvalue weighted by atomic mass is 19.4. The number of fused-ring (bicyclic) bond motifs is 1. The predicted octanol–water partition coefficient (Wildman–Crippen LogP) is 22.9. The average Bonchev–Trinajstić information content (AvgIpc) is 1.74. The number of aromatic nitrogens is 10. The molecule has 26 nitrogen and oxygen atoms in total. The summed E-state index contributed by atoms with van der Waals surface area (Å²) in [7, 11) is 5.28. The highest BCUT2D eigenvalue weighted by Crippen LogP contribution is 2.48. The third kappa shape index (κ3) is 27.4. The summed E-state index contributed by atoms with van der Waals surface area (Å²) in [5.41, 5.74) is -0.833. The molecule has 3 N–H and O–H groups in total. The van der Waals surface area contributed by atoms with E-state index in [1.165, 1.54) is 22.1 Å². The lowest BCUT2D eigenvalue weighted by Gasteiger charge is -2.47. The number of piperidine rings is 1. The predicted molar refractivity (Wildman–Crippen MR) is 494 cm³/mol. The van der Waals surface area contributed by atoms with Crippen molar-refractivity contribution in [2.75, 3.05) is 45.8 Å². The van der Waals surface area contributed by atoms with Gasteiger partial charge in [0.1, 0.15) is 6.10 Å². The molecule has 3 aliphatic carbocycles. The van der Waals surface area contributed by atoms with Crippen LogP contribution in [0.1, 0.15) is 229 Å². The van der Waals surface area contributed by atoms with E-state index in [2.05, 4.69) is 52.4 Å². The Morgan fingerprint density at radius 3 is 1.27 bits per heavy atom. The molecule has 0 radical (unpaired) electrons. The lowest BCUT2D eigenvalue weighted by molar-refractivity contribution is -0.144. The van der Waals surface area contributed by atoms with Gasteiger partial charge in [-0.1, -0.05) is 43.6 Å². The molecule has 15 rings (SSSR count). The molecule has 1 unspecified atom stereocenters. The van der Waals surface area contributed by atoms with Crippen molar-refractivity contribution < 1.29 is 123 Å². The Balaban J connectivity index is 0.000000180. The van der Waals surface area contributed by atoms with Crippen molar-refractivity contribution in [1.82, 2.24) is 59.1 Å². The van der Waals surface area contributed by atoms with Crippen LogP contribution >= 0.6 is 0 Å². The number of likely N-dealkylation sites (tertiary alicyclic amines) is 2. The minimum Gasteiger partial charge on any atom is -0.481 e. The lowest BCUT2D eigenvalue weighted by atomic mass is 9.81. The Hall–Kier alpha value is -12.4. The fourth-order valence-corrected chi connectivity index (χ4v) is 20.6. The highest BCUT2D eigenvalue weighted by molar-refractivity contribution is 5.73. The number of hydrogen-bond donors (Lipinski definition) is 3. The first kappa shape index (κ1) is 108. The van der Waals surface area contributed by atoms with Crippen molar-refractivity contribution >= 4 is 53.6 Å². The van der Waals surface area contributed by atoms with E-state index in [-0.39, 0.29) is 115 Å². The van der Waals surface area contributed by atoms with Crippen LogP contribution in [-0.2, 0) is 101 Å². The number of tetrazole rings is 1. The molecular formula is C100H117F17N16O10. The van der Waals surface area contributed by atoms with Crippen LogP contribution in [0, 0.1) is 43.4 Å². The topological polar surface area (TPSA) is 289 Å². The quantitative estimate of drug-likeness (QED) is 0.0425. The number of rotatable bonds is 26. The summed E-state index contributed by atoms with van der Waals surface area (Å²) in [6, 6.07) is 11.0. The number of ether oxygens (including phenoxy) is 2. The second-order valence-electron chi connectivity index (χ2n) is 38.5. The minimum absolute atomic E-state index is 0.0276. The molecule has 2 amide bonds. The number of alkyl halides is 17. The highest BCUT2D eigenvalue weighted by Gasteiger charge is 2.47. The molecule has 3 saturated carbocycles. The Morgan fingerprint density at radius 2 is 0.867 bits per heavy atom. The molecule has 8 heterocycles. The van der Waals surface area contributed by atoms with Crippen LogP contribution in [0.2, 0.25) is 0 Å². The van der Waals surface area contributed by atoms with Crippen molar-refractivity contribution in [3.63, 3.8) is 0 Å². The van der Waals surface area contributed by atoms with E-state index in [1.54, 1.807) is 39.0 Å². The zero-order valence-electron chi connectivity index (χ0n) is 80.4. The molecule has 0 bridgehead atoms. The maximum Gasteiger partial charge on any atom is 0.416 e. The Morgan fingerprint density at radius 1 is 0.462 bits per heavy atom. The SMILES string of the molecule is CC[C@@H]1CC(N(Cc2cc(C(F)(F)F)cc(C(F)(F)F)c2)c2ncc(-c3ccn(C)c3)cn2)C[C@H](CC)N1C(=O)OC1CCC(C(=O)O)CC1.CC[C@@H]1C[C@H](N(Cc2cc(C(F)(F)F)cc(C(F)(F)F)c2)c2ncc(-c3ccn(C)c3)cn2)CN1C(=O)OCC1CCC(C(=O)O)CC1.Cc1cc(C)c2c(c1)[C@@H](N(Cc1cc(C(C)(F)F)cc(C(F)(F)F)c1)c1nnn(C)n1)CCCN2CC1CCC(C(=O)O)CC1. The van der Waals surface area contributed by atoms with E-state index in [9.17, 15) is 114 Å². The molecule has 5 aromatic heterocycles. The third-order valence-electron chi connectivity index (χ3n) is 28.1. The van der Waals surface area contributed by atoms with Gasteiger partial charge in [-0.2, -0.15) is 70.7 Å². The molecule has 0 spiro atoms.